The lowest BCUT2D eigenvalue weighted by Crippen LogP contribution is -2.36. The first-order chi connectivity index (χ1) is 6.50. The molecule has 2 nitrogen and oxygen atoms in total. The fourth-order valence-electron chi connectivity index (χ4n) is 1.32. The summed E-state index contributed by atoms with van der Waals surface area (Å²) in [4.78, 5) is 4.42. The van der Waals surface area contributed by atoms with Crippen molar-refractivity contribution in [3.8, 4) is 0 Å². The van der Waals surface area contributed by atoms with E-state index in [2.05, 4.69) is 32.7 Å². The first kappa shape index (κ1) is 12.2. The van der Waals surface area contributed by atoms with Crippen LogP contribution in [-0.2, 0) is 0 Å². The minimum absolute atomic E-state index is 0.315. The molecular formula is C10H20N2S2. The molecular weight excluding hydrogens is 212 g/mol. The van der Waals surface area contributed by atoms with Crippen LogP contribution in [0.1, 0.15) is 27.7 Å². The van der Waals surface area contributed by atoms with E-state index in [9.17, 15) is 0 Å². The highest BCUT2D eigenvalue weighted by molar-refractivity contribution is 8.08. The molecule has 2 N–H and O–H groups in total. The van der Waals surface area contributed by atoms with Gasteiger partial charge in [-0.1, -0.05) is 13.8 Å². The molecule has 1 rings (SSSR count). The molecule has 3 unspecified atom stereocenters. The fourth-order valence-corrected chi connectivity index (χ4v) is 4.16. The van der Waals surface area contributed by atoms with Gasteiger partial charge in [0.1, 0.15) is 5.84 Å². The van der Waals surface area contributed by atoms with Crippen LogP contribution in [0.4, 0.5) is 0 Å². The Morgan fingerprint density at radius 1 is 1.36 bits per heavy atom. The second kappa shape index (κ2) is 5.31. The molecule has 14 heavy (non-hydrogen) atoms. The second-order valence-electron chi connectivity index (χ2n) is 4.02. The topological polar surface area (TPSA) is 38.4 Å². The Hall–Kier alpha value is 0.170. The molecule has 0 amide bonds. The molecule has 0 aromatic carbocycles. The number of nitrogens with two attached hydrogens (primary N) is 1. The van der Waals surface area contributed by atoms with Gasteiger partial charge in [0.15, 0.2) is 0 Å². The van der Waals surface area contributed by atoms with Crippen molar-refractivity contribution >= 4 is 29.4 Å². The minimum atomic E-state index is 0.315. The molecule has 0 bridgehead atoms. The molecule has 1 fully saturated rings. The monoisotopic (exact) mass is 232 g/mol. The Kier molecular flexibility index (Phi) is 4.64. The summed E-state index contributed by atoms with van der Waals surface area (Å²) in [5.41, 5.74) is 5.97. The molecule has 0 aromatic rings. The zero-order valence-corrected chi connectivity index (χ0v) is 11.0. The number of hydrogen-bond acceptors (Lipinski definition) is 3. The molecule has 1 aliphatic heterocycles. The van der Waals surface area contributed by atoms with Gasteiger partial charge in [0.25, 0.3) is 0 Å². The Morgan fingerprint density at radius 2 is 2.00 bits per heavy atom. The number of aliphatic imine (C=N–C) groups is 1. The van der Waals surface area contributed by atoms with E-state index >= 15 is 0 Å². The van der Waals surface area contributed by atoms with Crippen LogP contribution in [0.3, 0.4) is 0 Å². The van der Waals surface area contributed by atoms with Gasteiger partial charge in [-0.3, -0.25) is 4.99 Å². The number of rotatable bonds is 2. The summed E-state index contributed by atoms with van der Waals surface area (Å²) in [5.74, 6) is 1.94. The average molecular weight is 232 g/mol. The zero-order valence-electron chi connectivity index (χ0n) is 9.36. The quantitative estimate of drug-likeness (QED) is 0.587. The maximum Gasteiger partial charge on any atom is 0.108 e. The van der Waals surface area contributed by atoms with Crippen LogP contribution in [0, 0.1) is 0 Å². The fraction of sp³-hybridized carbons (Fsp3) is 0.900. The lowest BCUT2D eigenvalue weighted by Gasteiger charge is -2.31. The van der Waals surface area contributed by atoms with Crippen molar-refractivity contribution in [3.05, 3.63) is 0 Å². The summed E-state index contributed by atoms with van der Waals surface area (Å²) < 4.78 is 0. The van der Waals surface area contributed by atoms with E-state index in [-0.39, 0.29) is 0 Å². The summed E-state index contributed by atoms with van der Waals surface area (Å²) in [5, 5.41) is 1.84. The van der Waals surface area contributed by atoms with E-state index in [1.165, 1.54) is 0 Å². The van der Waals surface area contributed by atoms with E-state index in [0.29, 0.717) is 16.5 Å². The lowest BCUT2D eigenvalue weighted by molar-refractivity contribution is 0.827. The van der Waals surface area contributed by atoms with E-state index in [1.54, 1.807) is 0 Å². The number of hydrogen-bond donors (Lipinski definition) is 1. The van der Waals surface area contributed by atoms with E-state index in [4.69, 9.17) is 5.73 Å². The number of nitrogens with zero attached hydrogens (tertiary/aromatic N) is 1. The summed E-state index contributed by atoms with van der Waals surface area (Å²) in [6.07, 6.45) is 0. The predicted molar refractivity (Wildman–Crippen MR) is 69.5 cm³/mol. The molecule has 0 radical (unpaired) electrons. The first-order valence-corrected chi connectivity index (χ1v) is 7.10. The van der Waals surface area contributed by atoms with Crippen LogP contribution in [-0.4, -0.2) is 33.4 Å². The van der Waals surface area contributed by atoms with Crippen molar-refractivity contribution in [1.29, 1.82) is 0 Å². The highest BCUT2D eigenvalue weighted by atomic mass is 32.2. The standard InChI is InChI=1S/C10H20N2S2/c1-6(2)12-10(11)9-5-13-7(3)8(4)14-9/h6-9H,5H2,1-4H3,(H2,11,12). The van der Waals surface area contributed by atoms with Crippen molar-refractivity contribution in [2.45, 2.75) is 49.5 Å². The molecule has 0 spiro atoms. The molecule has 0 aromatic heterocycles. The highest BCUT2D eigenvalue weighted by Crippen LogP contribution is 2.35. The van der Waals surface area contributed by atoms with Crippen molar-refractivity contribution in [1.82, 2.24) is 0 Å². The highest BCUT2D eigenvalue weighted by Gasteiger charge is 2.27. The Bertz CT molecular complexity index is 216. The molecule has 0 aliphatic carbocycles. The Balaban J connectivity index is 2.54. The van der Waals surface area contributed by atoms with E-state index in [1.807, 2.05) is 23.5 Å². The smallest absolute Gasteiger partial charge is 0.108 e. The van der Waals surface area contributed by atoms with Gasteiger partial charge in [0, 0.05) is 22.3 Å². The number of thioether (sulfide) groups is 2. The summed E-state index contributed by atoms with van der Waals surface area (Å²) in [6.45, 7) is 8.70. The van der Waals surface area contributed by atoms with Gasteiger partial charge < -0.3 is 5.73 Å². The predicted octanol–water partition coefficient (Wildman–Crippen LogP) is 2.38. The van der Waals surface area contributed by atoms with E-state index in [0.717, 1.165) is 16.8 Å². The van der Waals surface area contributed by atoms with Crippen LogP contribution in [0.5, 0.6) is 0 Å². The minimum Gasteiger partial charge on any atom is -0.387 e. The van der Waals surface area contributed by atoms with Crippen LogP contribution < -0.4 is 5.73 Å². The van der Waals surface area contributed by atoms with Crippen molar-refractivity contribution in [3.63, 3.8) is 0 Å². The average Bonchev–Trinajstić information content (AvgIpc) is 2.08. The third kappa shape index (κ3) is 3.39. The third-order valence-electron chi connectivity index (χ3n) is 2.29. The van der Waals surface area contributed by atoms with Gasteiger partial charge in [0.2, 0.25) is 0 Å². The molecule has 1 saturated heterocycles. The van der Waals surface area contributed by atoms with Crippen molar-refractivity contribution in [2.24, 2.45) is 10.7 Å². The molecule has 0 saturated carbocycles. The van der Waals surface area contributed by atoms with Gasteiger partial charge in [-0.2, -0.15) is 11.8 Å². The number of amidine groups is 1. The van der Waals surface area contributed by atoms with E-state index < -0.39 is 0 Å². The van der Waals surface area contributed by atoms with Gasteiger partial charge in [-0.05, 0) is 13.8 Å². The summed E-state index contributed by atoms with van der Waals surface area (Å²) in [6, 6.07) is 0.315. The molecule has 82 valence electrons. The van der Waals surface area contributed by atoms with Gasteiger partial charge in [0.05, 0.1) is 5.25 Å². The van der Waals surface area contributed by atoms with Gasteiger partial charge >= 0.3 is 0 Å². The molecule has 1 aliphatic rings. The van der Waals surface area contributed by atoms with Crippen LogP contribution >= 0.6 is 23.5 Å². The van der Waals surface area contributed by atoms with Gasteiger partial charge in [-0.25, -0.2) is 0 Å². The molecule has 1 heterocycles. The normalized spacial score (nSPS) is 34.9. The van der Waals surface area contributed by atoms with Crippen LogP contribution in [0.2, 0.25) is 0 Å². The SMILES string of the molecule is CC(C)N=C(N)C1CSC(C)C(C)S1. The molecule has 3 atom stereocenters. The maximum atomic E-state index is 5.97. The Labute approximate surface area is 95.5 Å². The molecule has 4 heteroatoms. The first-order valence-electron chi connectivity index (χ1n) is 5.11. The van der Waals surface area contributed by atoms with Crippen LogP contribution in [0.15, 0.2) is 4.99 Å². The summed E-state index contributed by atoms with van der Waals surface area (Å²) >= 11 is 3.98. The van der Waals surface area contributed by atoms with Crippen LogP contribution in [0.25, 0.3) is 0 Å². The van der Waals surface area contributed by atoms with Gasteiger partial charge in [-0.15, -0.1) is 11.8 Å². The summed E-state index contributed by atoms with van der Waals surface area (Å²) in [7, 11) is 0. The van der Waals surface area contributed by atoms with Crippen molar-refractivity contribution < 1.29 is 0 Å². The second-order valence-corrected chi connectivity index (χ2v) is 7.01. The maximum absolute atomic E-state index is 5.97. The van der Waals surface area contributed by atoms with Crippen molar-refractivity contribution in [2.75, 3.05) is 5.75 Å². The zero-order chi connectivity index (χ0) is 10.7. The third-order valence-corrected chi connectivity index (χ3v) is 5.70. The lowest BCUT2D eigenvalue weighted by atomic mass is 10.3. The largest absolute Gasteiger partial charge is 0.387 e. The Morgan fingerprint density at radius 3 is 2.50 bits per heavy atom.